The molecule has 11 heteroatoms. The summed E-state index contributed by atoms with van der Waals surface area (Å²) in [6.07, 6.45) is -0.947. The monoisotopic (exact) mass is 591 g/mol. The van der Waals surface area contributed by atoms with Crippen molar-refractivity contribution in [1.82, 2.24) is 4.98 Å². The van der Waals surface area contributed by atoms with Crippen molar-refractivity contribution in [2.75, 3.05) is 26.9 Å². The molecule has 1 heterocycles. The van der Waals surface area contributed by atoms with Gasteiger partial charge in [0.1, 0.15) is 23.8 Å². The molecule has 1 unspecified atom stereocenters. The fraction of sp³-hybridized carbons (Fsp3) is 0.484. The Kier molecular flexibility index (Phi) is 10.6. The molecular weight excluding hydrogens is 555 g/mol. The first-order valence-corrected chi connectivity index (χ1v) is 13.9. The van der Waals surface area contributed by atoms with E-state index >= 15 is 0 Å². The minimum atomic E-state index is -4.57. The average Bonchev–Trinajstić information content (AvgIpc) is 3.31. The van der Waals surface area contributed by atoms with Crippen LogP contribution < -0.4 is 4.74 Å². The SMILES string of the molecule is COCCOc1cc(-c2nc(COCC3CCC[C@@H](OCc4cccc(C)c4C(=O)O)C3)c(C)o2)cc(C(F)(F)F)c1. The second-order valence-electron chi connectivity index (χ2n) is 10.5. The van der Waals surface area contributed by atoms with Gasteiger partial charge >= 0.3 is 12.1 Å². The maximum absolute atomic E-state index is 13.5. The number of alkyl halides is 3. The lowest BCUT2D eigenvalue weighted by molar-refractivity contribution is -0.137. The van der Waals surface area contributed by atoms with Crippen LogP contribution in [0.4, 0.5) is 13.2 Å². The summed E-state index contributed by atoms with van der Waals surface area (Å²) in [6, 6.07) is 8.76. The normalized spacial score (nSPS) is 17.4. The Labute approximate surface area is 242 Å². The van der Waals surface area contributed by atoms with Crippen LogP contribution in [0.3, 0.4) is 0 Å². The summed E-state index contributed by atoms with van der Waals surface area (Å²) < 4.78 is 68.7. The van der Waals surface area contributed by atoms with E-state index in [9.17, 15) is 23.1 Å². The van der Waals surface area contributed by atoms with Crippen molar-refractivity contribution in [1.29, 1.82) is 0 Å². The molecule has 1 saturated carbocycles. The second-order valence-corrected chi connectivity index (χ2v) is 10.5. The lowest BCUT2D eigenvalue weighted by atomic mass is 9.87. The summed E-state index contributed by atoms with van der Waals surface area (Å²) in [6.45, 7) is 4.65. The lowest BCUT2D eigenvalue weighted by Crippen LogP contribution is -2.26. The van der Waals surface area contributed by atoms with Crippen molar-refractivity contribution in [3.05, 3.63) is 70.1 Å². The third-order valence-corrected chi connectivity index (χ3v) is 7.30. The van der Waals surface area contributed by atoms with E-state index in [-0.39, 0.29) is 61.2 Å². The Morgan fingerprint density at radius 3 is 2.67 bits per heavy atom. The highest BCUT2D eigenvalue weighted by Crippen LogP contribution is 2.36. The van der Waals surface area contributed by atoms with Gasteiger partial charge in [0.2, 0.25) is 5.89 Å². The zero-order chi connectivity index (χ0) is 30.3. The number of nitrogens with zero attached hydrogens (tertiary/aromatic N) is 1. The van der Waals surface area contributed by atoms with Crippen LogP contribution in [0.15, 0.2) is 40.8 Å². The highest BCUT2D eigenvalue weighted by molar-refractivity contribution is 5.91. The van der Waals surface area contributed by atoms with E-state index in [1.807, 2.05) is 6.07 Å². The molecule has 0 saturated heterocycles. The summed E-state index contributed by atoms with van der Waals surface area (Å²) in [4.78, 5) is 16.1. The molecule has 1 aliphatic rings. The van der Waals surface area contributed by atoms with Gasteiger partial charge in [-0.2, -0.15) is 13.2 Å². The Balaban J connectivity index is 1.34. The predicted octanol–water partition coefficient (Wildman–Crippen LogP) is 6.99. The molecule has 1 N–H and O–H groups in total. The number of methoxy groups -OCH3 is 1. The number of halogens is 3. The molecule has 3 aromatic rings. The van der Waals surface area contributed by atoms with E-state index in [2.05, 4.69) is 4.98 Å². The maximum Gasteiger partial charge on any atom is 0.416 e. The Bertz CT molecular complexity index is 1350. The van der Waals surface area contributed by atoms with Gasteiger partial charge in [0.15, 0.2) is 0 Å². The molecule has 4 rings (SSSR count). The number of aryl methyl sites for hydroxylation is 2. The van der Waals surface area contributed by atoms with Crippen molar-refractivity contribution in [2.45, 2.75) is 65.0 Å². The van der Waals surface area contributed by atoms with Gasteiger partial charge in [-0.05, 0) is 68.4 Å². The average molecular weight is 592 g/mol. The van der Waals surface area contributed by atoms with Crippen molar-refractivity contribution in [2.24, 2.45) is 5.92 Å². The number of aromatic carboxylic acids is 1. The van der Waals surface area contributed by atoms with Gasteiger partial charge in [0.05, 0.1) is 43.7 Å². The van der Waals surface area contributed by atoms with Gasteiger partial charge in [-0.1, -0.05) is 24.6 Å². The number of oxazole rings is 1. The molecule has 8 nitrogen and oxygen atoms in total. The van der Waals surface area contributed by atoms with Gasteiger partial charge < -0.3 is 28.5 Å². The number of hydrogen-bond donors (Lipinski definition) is 1. The van der Waals surface area contributed by atoms with E-state index in [0.717, 1.165) is 37.8 Å². The van der Waals surface area contributed by atoms with Crippen molar-refractivity contribution < 1.29 is 46.4 Å². The largest absolute Gasteiger partial charge is 0.491 e. The Morgan fingerprint density at radius 2 is 1.93 bits per heavy atom. The molecule has 0 spiro atoms. The van der Waals surface area contributed by atoms with Crippen LogP contribution >= 0.6 is 0 Å². The van der Waals surface area contributed by atoms with E-state index < -0.39 is 17.7 Å². The van der Waals surface area contributed by atoms with Gasteiger partial charge in [-0.25, -0.2) is 9.78 Å². The fourth-order valence-electron chi connectivity index (χ4n) is 5.13. The summed E-state index contributed by atoms with van der Waals surface area (Å²) >= 11 is 0. The van der Waals surface area contributed by atoms with Crippen LogP contribution in [0.1, 0.15) is 64.2 Å². The number of aromatic nitrogens is 1. The molecule has 0 bridgehead atoms. The molecule has 0 aliphatic heterocycles. The van der Waals surface area contributed by atoms with Gasteiger partial charge in [0.25, 0.3) is 0 Å². The Hall–Kier alpha value is -3.41. The fourth-order valence-corrected chi connectivity index (χ4v) is 5.13. The standard InChI is InChI=1S/C31H36F3NO7/c1-19-6-4-8-22(28(19)30(36)37)17-41-25-9-5-7-21(12-25)16-39-18-27-20(2)42-29(35-27)23-13-24(31(32,33)34)15-26(14-23)40-11-10-38-3/h4,6,8,13-15,21,25H,5,7,9-12,16-18H2,1-3H3,(H,36,37)/t21?,25-/m1/s1. The highest BCUT2D eigenvalue weighted by atomic mass is 19.4. The first kappa shape index (κ1) is 31.5. The zero-order valence-corrected chi connectivity index (χ0v) is 24.0. The number of carbonyl (C=O) groups is 1. The van der Waals surface area contributed by atoms with E-state index in [4.69, 9.17) is 23.4 Å². The molecule has 1 aliphatic carbocycles. The number of ether oxygens (including phenoxy) is 4. The summed E-state index contributed by atoms with van der Waals surface area (Å²) in [5.41, 5.74) is 1.45. The van der Waals surface area contributed by atoms with Gasteiger partial charge in [0, 0.05) is 12.7 Å². The Morgan fingerprint density at radius 1 is 1.12 bits per heavy atom. The van der Waals surface area contributed by atoms with E-state index in [1.54, 1.807) is 26.0 Å². The molecule has 1 aromatic heterocycles. The smallest absolute Gasteiger partial charge is 0.416 e. The van der Waals surface area contributed by atoms with Crippen LogP contribution in [0.25, 0.3) is 11.5 Å². The predicted molar refractivity (Wildman–Crippen MR) is 147 cm³/mol. The minimum Gasteiger partial charge on any atom is -0.491 e. The molecule has 2 atom stereocenters. The summed E-state index contributed by atoms with van der Waals surface area (Å²) in [5, 5.41) is 9.56. The molecular formula is C31H36F3NO7. The van der Waals surface area contributed by atoms with E-state index in [1.165, 1.54) is 13.2 Å². The number of rotatable bonds is 13. The number of carboxylic acid groups (broad SMARTS) is 1. The third kappa shape index (κ3) is 8.33. The zero-order valence-electron chi connectivity index (χ0n) is 24.0. The molecule has 1 fully saturated rings. The summed E-state index contributed by atoms with van der Waals surface area (Å²) in [5.74, 6) is -0.154. The van der Waals surface area contributed by atoms with Crippen LogP contribution in [0.2, 0.25) is 0 Å². The third-order valence-electron chi connectivity index (χ3n) is 7.30. The van der Waals surface area contributed by atoms with Crippen LogP contribution in [-0.4, -0.2) is 49.1 Å². The van der Waals surface area contributed by atoms with Crippen molar-refractivity contribution in [3.63, 3.8) is 0 Å². The second kappa shape index (κ2) is 14.2. The first-order valence-electron chi connectivity index (χ1n) is 13.9. The van der Waals surface area contributed by atoms with Gasteiger partial charge in [-0.3, -0.25) is 0 Å². The van der Waals surface area contributed by atoms with Crippen LogP contribution in [-0.2, 0) is 33.6 Å². The maximum atomic E-state index is 13.5. The van der Waals surface area contributed by atoms with Crippen LogP contribution in [0.5, 0.6) is 5.75 Å². The summed E-state index contributed by atoms with van der Waals surface area (Å²) in [7, 11) is 1.48. The molecule has 0 radical (unpaired) electrons. The molecule has 42 heavy (non-hydrogen) atoms. The topological polar surface area (TPSA) is 100 Å². The quantitative estimate of drug-likeness (QED) is 0.212. The highest BCUT2D eigenvalue weighted by Gasteiger charge is 2.32. The first-order chi connectivity index (χ1) is 20.0. The van der Waals surface area contributed by atoms with Gasteiger partial charge in [-0.15, -0.1) is 0 Å². The number of hydrogen-bond acceptors (Lipinski definition) is 7. The molecule has 0 amide bonds. The number of carboxylic acids is 1. The lowest BCUT2D eigenvalue weighted by Gasteiger charge is -2.29. The molecule has 2 aromatic carbocycles. The minimum absolute atomic E-state index is 0.00360. The number of benzene rings is 2. The molecule has 228 valence electrons. The van der Waals surface area contributed by atoms with Crippen LogP contribution in [0, 0.1) is 19.8 Å². The van der Waals surface area contributed by atoms with E-state index in [0.29, 0.717) is 29.2 Å². The van der Waals surface area contributed by atoms with Crippen molar-refractivity contribution >= 4 is 5.97 Å². The van der Waals surface area contributed by atoms with Crippen molar-refractivity contribution in [3.8, 4) is 17.2 Å².